The summed E-state index contributed by atoms with van der Waals surface area (Å²) >= 11 is 0. The smallest absolute Gasteiger partial charge is 0.185 e. The summed E-state index contributed by atoms with van der Waals surface area (Å²) in [6.45, 7) is -0.121. The second-order valence-corrected chi connectivity index (χ2v) is 6.01. The number of hydrogen-bond acceptors (Lipinski definition) is 3. The molecule has 0 aliphatic heterocycles. The first-order valence-electron chi connectivity index (χ1n) is 4.97. The first-order chi connectivity index (χ1) is 8.22. The highest BCUT2D eigenvalue weighted by atomic mass is 32.2. The van der Waals surface area contributed by atoms with Crippen LogP contribution in [0, 0.1) is 23.3 Å². The van der Waals surface area contributed by atoms with Crippen LogP contribution in [0.2, 0.25) is 0 Å². The Hall–Kier alpha value is -1.31. The fourth-order valence-electron chi connectivity index (χ4n) is 1.28. The average Bonchev–Trinajstić information content (AvgIpc) is 2.24. The van der Waals surface area contributed by atoms with Gasteiger partial charge in [0.15, 0.2) is 23.3 Å². The molecule has 18 heavy (non-hydrogen) atoms. The van der Waals surface area contributed by atoms with Gasteiger partial charge in [0.25, 0.3) is 0 Å². The first kappa shape index (κ1) is 14.7. The highest BCUT2D eigenvalue weighted by Crippen LogP contribution is 2.23. The van der Waals surface area contributed by atoms with Crippen LogP contribution in [0.25, 0.3) is 0 Å². The lowest BCUT2D eigenvalue weighted by Gasteiger charge is -2.09. The zero-order valence-corrected chi connectivity index (χ0v) is 10.3. The van der Waals surface area contributed by atoms with Gasteiger partial charge < -0.3 is 5.32 Å². The van der Waals surface area contributed by atoms with Crippen molar-refractivity contribution >= 4 is 15.5 Å². The van der Waals surface area contributed by atoms with Crippen LogP contribution in [0.5, 0.6) is 0 Å². The van der Waals surface area contributed by atoms with Gasteiger partial charge in [0, 0.05) is 18.9 Å². The monoisotopic (exact) mass is 285 g/mol. The molecule has 0 heterocycles. The molecule has 102 valence electrons. The Morgan fingerprint density at radius 3 is 2.06 bits per heavy atom. The predicted molar refractivity (Wildman–Crippen MR) is 59.1 cm³/mol. The van der Waals surface area contributed by atoms with E-state index in [1.165, 1.54) is 0 Å². The summed E-state index contributed by atoms with van der Waals surface area (Å²) in [5.74, 6) is -6.29. The molecule has 0 aromatic heterocycles. The van der Waals surface area contributed by atoms with Gasteiger partial charge >= 0.3 is 0 Å². The Balaban J connectivity index is 2.74. The summed E-state index contributed by atoms with van der Waals surface area (Å²) in [6, 6.07) is 0.104. The van der Waals surface area contributed by atoms with Crippen LogP contribution in [0.3, 0.4) is 0 Å². The molecule has 0 fully saturated rings. The number of halogens is 4. The number of benzene rings is 1. The largest absolute Gasteiger partial charge is 0.380 e. The first-order valence-corrected chi connectivity index (χ1v) is 7.03. The molecule has 1 N–H and O–H groups in total. The molecule has 0 unspecified atom stereocenters. The van der Waals surface area contributed by atoms with E-state index in [9.17, 15) is 26.0 Å². The van der Waals surface area contributed by atoms with Gasteiger partial charge in [0.05, 0.1) is 5.75 Å². The summed E-state index contributed by atoms with van der Waals surface area (Å²) < 4.78 is 73.5. The maximum atomic E-state index is 13.1. The molecule has 1 aromatic carbocycles. The van der Waals surface area contributed by atoms with E-state index in [4.69, 9.17) is 0 Å². The molecule has 0 saturated carbocycles. The minimum atomic E-state index is -3.19. The summed E-state index contributed by atoms with van der Waals surface area (Å²) in [4.78, 5) is 0. The summed E-state index contributed by atoms with van der Waals surface area (Å²) in [5, 5.41) is 2.14. The van der Waals surface area contributed by atoms with Gasteiger partial charge in [-0.25, -0.2) is 26.0 Å². The van der Waals surface area contributed by atoms with Crippen molar-refractivity contribution in [3.8, 4) is 0 Å². The van der Waals surface area contributed by atoms with Gasteiger partial charge in [-0.05, 0) is 6.42 Å². The molecule has 0 radical (unpaired) electrons. The Morgan fingerprint density at radius 1 is 1.11 bits per heavy atom. The van der Waals surface area contributed by atoms with Crippen molar-refractivity contribution in [2.24, 2.45) is 0 Å². The molecule has 0 spiro atoms. The summed E-state index contributed by atoms with van der Waals surface area (Å²) in [5.41, 5.74) is -0.930. The van der Waals surface area contributed by atoms with Crippen LogP contribution in [0.4, 0.5) is 23.2 Å². The number of hydrogen-bond donors (Lipinski definition) is 1. The Kier molecular flexibility index (Phi) is 4.55. The number of nitrogens with one attached hydrogen (secondary N) is 1. The highest BCUT2D eigenvalue weighted by molar-refractivity contribution is 7.90. The molecule has 0 saturated heterocycles. The van der Waals surface area contributed by atoms with E-state index in [2.05, 4.69) is 5.32 Å². The fraction of sp³-hybridized carbons (Fsp3) is 0.400. The van der Waals surface area contributed by atoms with Crippen molar-refractivity contribution in [2.45, 2.75) is 6.42 Å². The molecule has 1 aromatic rings. The minimum Gasteiger partial charge on any atom is -0.380 e. The maximum Gasteiger partial charge on any atom is 0.185 e. The second-order valence-electron chi connectivity index (χ2n) is 3.75. The number of rotatable bonds is 5. The molecule has 1 rings (SSSR count). The van der Waals surface area contributed by atoms with Gasteiger partial charge in [-0.1, -0.05) is 0 Å². The van der Waals surface area contributed by atoms with Crippen LogP contribution in [0.15, 0.2) is 6.07 Å². The van der Waals surface area contributed by atoms with E-state index in [1.54, 1.807) is 0 Å². The van der Waals surface area contributed by atoms with Gasteiger partial charge in [-0.3, -0.25) is 0 Å². The molecular formula is C10H11F4NO2S. The lowest BCUT2D eigenvalue weighted by atomic mass is 10.2. The van der Waals surface area contributed by atoms with Crippen LogP contribution < -0.4 is 5.32 Å². The molecule has 0 aliphatic carbocycles. The minimum absolute atomic E-state index is 0.0653. The Labute approximate surface area is 102 Å². The van der Waals surface area contributed by atoms with Gasteiger partial charge in [0.2, 0.25) is 0 Å². The number of sulfone groups is 1. The molecule has 0 atom stereocenters. The predicted octanol–water partition coefficient (Wildman–Crippen LogP) is 2.09. The van der Waals surface area contributed by atoms with E-state index in [0.717, 1.165) is 6.26 Å². The van der Waals surface area contributed by atoms with E-state index < -0.39 is 38.8 Å². The Bertz CT molecular complexity index is 519. The van der Waals surface area contributed by atoms with Crippen molar-refractivity contribution in [1.29, 1.82) is 0 Å². The van der Waals surface area contributed by atoms with Gasteiger partial charge in [-0.15, -0.1) is 0 Å². The molecule has 0 amide bonds. The van der Waals surface area contributed by atoms with Crippen LogP contribution in [-0.4, -0.2) is 27.0 Å². The van der Waals surface area contributed by atoms with Gasteiger partial charge in [-0.2, -0.15) is 0 Å². The van der Waals surface area contributed by atoms with Crippen molar-refractivity contribution in [2.75, 3.05) is 23.9 Å². The third kappa shape index (κ3) is 3.86. The van der Waals surface area contributed by atoms with Crippen molar-refractivity contribution < 1.29 is 26.0 Å². The zero-order valence-electron chi connectivity index (χ0n) is 9.44. The standard InChI is InChI=1S/C10H11F4NO2S/c1-18(16,17)4-2-3-15-10-8(13)6(11)5-7(12)9(10)14/h5,15H,2-4H2,1H3. The van der Waals surface area contributed by atoms with Crippen molar-refractivity contribution in [3.63, 3.8) is 0 Å². The van der Waals surface area contributed by atoms with Crippen molar-refractivity contribution in [1.82, 2.24) is 0 Å². The molecule has 0 aliphatic rings. The van der Waals surface area contributed by atoms with Crippen molar-refractivity contribution in [3.05, 3.63) is 29.3 Å². The van der Waals surface area contributed by atoms with E-state index in [0.29, 0.717) is 0 Å². The number of anilines is 1. The SMILES string of the molecule is CS(=O)(=O)CCCNc1c(F)c(F)cc(F)c1F. The molecule has 0 bridgehead atoms. The lowest BCUT2D eigenvalue weighted by molar-refractivity contribution is 0.458. The van der Waals surface area contributed by atoms with Crippen LogP contribution >= 0.6 is 0 Å². The third-order valence-corrected chi connectivity index (χ3v) is 3.14. The quantitative estimate of drug-likeness (QED) is 0.512. The van der Waals surface area contributed by atoms with E-state index in [-0.39, 0.29) is 24.8 Å². The summed E-state index contributed by atoms with van der Waals surface area (Å²) in [6.07, 6.45) is 1.08. The topological polar surface area (TPSA) is 46.2 Å². The maximum absolute atomic E-state index is 13.1. The lowest BCUT2D eigenvalue weighted by Crippen LogP contribution is -2.12. The fourth-order valence-corrected chi connectivity index (χ4v) is 1.94. The highest BCUT2D eigenvalue weighted by Gasteiger charge is 2.18. The molecule has 8 heteroatoms. The van der Waals surface area contributed by atoms with Gasteiger partial charge in [0.1, 0.15) is 15.5 Å². The van der Waals surface area contributed by atoms with E-state index >= 15 is 0 Å². The zero-order chi connectivity index (χ0) is 13.9. The Morgan fingerprint density at radius 2 is 1.61 bits per heavy atom. The van der Waals surface area contributed by atoms with Crippen LogP contribution in [0.1, 0.15) is 6.42 Å². The average molecular weight is 285 g/mol. The normalized spacial score (nSPS) is 11.6. The molecular weight excluding hydrogens is 274 g/mol. The van der Waals surface area contributed by atoms with Crippen LogP contribution in [-0.2, 0) is 9.84 Å². The third-order valence-electron chi connectivity index (χ3n) is 2.11. The molecule has 3 nitrogen and oxygen atoms in total. The second kappa shape index (κ2) is 5.55. The summed E-state index contributed by atoms with van der Waals surface area (Å²) in [7, 11) is -3.19. The van der Waals surface area contributed by atoms with E-state index in [1.807, 2.05) is 0 Å².